The number of aryl methyl sites for hydroxylation is 2. The van der Waals surface area contributed by atoms with E-state index in [0.29, 0.717) is 6.42 Å². The van der Waals surface area contributed by atoms with Crippen molar-refractivity contribution in [3.05, 3.63) is 53.3 Å². The summed E-state index contributed by atoms with van der Waals surface area (Å²) in [6.07, 6.45) is 10.1. The molecule has 1 atom stereocenters. The van der Waals surface area contributed by atoms with Crippen molar-refractivity contribution in [3.63, 3.8) is 0 Å². The summed E-state index contributed by atoms with van der Waals surface area (Å²) in [4.78, 5) is 14.8. The summed E-state index contributed by atoms with van der Waals surface area (Å²) >= 11 is 0. The first-order valence-electron chi connectivity index (χ1n) is 8.67. The monoisotopic (exact) mass is 309 g/mol. The molecular weight excluding hydrogens is 286 g/mol. The molecule has 1 aromatic heterocycles. The highest BCUT2D eigenvalue weighted by atomic mass is 16.2. The highest BCUT2D eigenvalue weighted by molar-refractivity contribution is 5.79. The van der Waals surface area contributed by atoms with Gasteiger partial charge in [-0.05, 0) is 54.9 Å². The molecule has 1 saturated heterocycles. The summed E-state index contributed by atoms with van der Waals surface area (Å²) in [6, 6.07) is 8.83. The molecule has 120 valence electrons. The number of rotatable bonds is 4. The van der Waals surface area contributed by atoms with Crippen LogP contribution >= 0.6 is 0 Å². The highest BCUT2D eigenvalue weighted by Gasteiger charge is 2.29. The van der Waals surface area contributed by atoms with E-state index >= 15 is 0 Å². The minimum atomic E-state index is 0.262. The second-order valence-corrected chi connectivity index (χ2v) is 6.74. The summed E-state index contributed by atoms with van der Waals surface area (Å²) < 4.78 is 1.94. The number of amides is 1. The number of likely N-dealkylation sites (tertiary alicyclic amines) is 1. The first-order chi connectivity index (χ1) is 11.3. The number of aromatic nitrogens is 2. The van der Waals surface area contributed by atoms with Crippen LogP contribution in [0.3, 0.4) is 0 Å². The lowest BCUT2D eigenvalue weighted by molar-refractivity contribution is -0.131. The summed E-state index contributed by atoms with van der Waals surface area (Å²) in [7, 11) is 0. The number of carbonyl (C=O) groups excluding carboxylic acids is 1. The van der Waals surface area contributed by atoms with Crippen LogP contribution in [0.4, 0.5) is 0 Å². The van der Waals surface area contributed by atoms with E-state index in [2.05, 4.69) is 28.2 Å². The Kier molecular flexibility index (Phi) is 3.90. The molecule has 0 saturated carbocycles. The van der Waals surface area contributed by atoms with Gasteiger partial charge in [-0.25, -0.2) is 0 Å². The Hall–Kier alpha value is -2.10. The maximum Gasteiger partial charge on any atom is 0.227 e. The third-order valence-corrected chi connectivity index (χ3v) is 5.17. The van der Waals surface area contributed by atoms with Crippen molar-refractivity contribution in [3.8, 4) is 0 Å². The Labute approximate surface area is 137 Å². The summed E-state index contributed by atoms with van der Waals surface area (Å²) in [5.74, 6) is 0.262. The van der Waals surface area contributed by atoms with E-state index in [1.807, 2.05) is 16.9 Å². The number of nitrogens with zero attached hydrogens (tertiary/aromatic N) is 3. The van der Waals surface area contributed by atoms with Gasteiger partial charge in [-0.3, -0.25) is 9.48 Å². The summed E-state index contributed by atoms with van der Waals surface area (Å²) in [5.41, 5.74) is 4.09. The van der Waals surface area contributed by atoms with Crippen molar-refractivity contribution in [1.82, 2.24) is 14.7 Å². The normalized spacial score (nSPS) is 20.0. The average Bonchev–Trinajstić information content (AvgIpc) is 3.28. The molecule has 1 amide bonds. The number of hydrogen-bond acceptors (Lipinski definition) is 2. The third kappa shape index (κ3) is 3.03. The average molecular weight is 309 g/mol. The van der Waals surface area contributed by atoms with Crippen molar-refractivity contribution in [2.75, 3.05) is 6.54 Å². The van der Waals surface area contributed by atoms with Gasteiger partial charge in [-0.15, -0.1) is 0 Å². The van der Waals surface area contributed by atoms with E-state index in [-0.39, 0.29) is 11.9 Å². The van der Waals surface area contributed by atoms with Crippen LogP contribution in [-0.4, -0.2) is 33.2 Å². The Morgan fingerprint density at radius 2 is 2.13 bits per heavy atom. The number of carbonyl (C=O) groups is 1. The Balaban J connectivity index is 1.43. The molecule has 0 unspecified atom stereocenters. The van der Waals surface area contributed by atoms with Crippen LogP contribution in [0.1, 0.15) is 36.0 Å². The molecule has 0 spiro atoms. The lowest BCUT2D eigenvalue weighted by Gasteiger charge is -2.25. The molecule has 1 aliphatic heterocycles. The molecule has 4 rings (SSSR count). The predicted molar refractivity (Wildman–Crippen MR) is 89.1 cm³/mol. The molecule has 2 aliphatic rings. The first kappa shape index (κ1) is 14.5. The van der Waals surface area contributed by atoms with E-state index in [0.717, 1.165) is 25.9 Å². The van der Waals surface area contributed by atoms with E-state index < -0.39 is 0 Å². The van der Waals surface area contributed by atoms with Crippen LogP contribution in [0.15, 0.2) is 36.7 Å². The number of benzene rings is 1. The van der Waals surface area contributed by atoms with Gasteiger partial charge in [0.2, 0.25) is 5.91 Å². The van der Waals surface area contributed by atoms with Gasteiger partial charge in [0, 0.05) is 18.9 Å². The molecule has 23 heavy (non-hydrogen) atoms. The van der Waals surface area contributed by atoms with Crippen LogP contribution in [0.25, 0.3) is 0 Å². The van der Waals surface area contributed by atoms with Gasteiger partial charge in [0.1, 0.15) is 0 Å². The van der Waals surface area contributed by atoms with Gasteiger partial charge in [-0.2, -0.15) is 5.10 Å². The highest BCUT2D eigenvalue weighted by Crippen LogP contribution is 2.24. The molecule has 2 heterocycles. The van der Waals surface area contributed by atoms with Crippen molar-refractivity contribution < 1.29 is 4.79 Å². The molecule has 2 aromatic rings. The van der Waals surface area contributed by atoms with Gasteiger partial charge in [0.05, 0.1) is 19.0 Å². The molecule has 0 bridgehead atoms. The van der Waals surface area contributed by atoms with Gasteiger partial charge in [-0.1, -0.05) is 18.2 Å². The van der Waals surface area contributed by atoms with Crippen LogP contribution in [-0.2, 0) is 30.6 Å². The molecular formula is C19H23N3O. The van der Waals surface area contributed by atoms with Crippen LogP contribution in [0, 0.1) is 0 Å². The van der Waals surface area contributed by atoms with E-state index in [1.54, 1.807) is 6.20 Å². The van der Waals surface area contributed by atoms with Crippen molar-refractivity contribution >= 4 is 5.91 Å². The largest absolute Gasteiger partial charge is 0.338 e. The van der Waals surface area contributed by atoms with Crippen molar-refractivity contribution in [1.29, 1.82) is 0 Å². The molecule has 0 N–H and O–H groups in total. The maximum absolute atomic E-state index is 12.8. The van der Waals surface area contributed by atoms with Gasteiger partial charge in [0.25, 0.3) is 0 Å². The molecule has 0 radical (unpaired) electrons. The van der Waals surface area contributed by atoms with E-state index in [9.17, 15) is 4.79 Å². The smallest absolute Gasteiger partial charge is 0.227 e. The van der Waals surface area contributed by atoms with Gasteiger partial charge in [0.15, 0.2) is 0 Å². The van der Waals surface area contributed by atoms with Crippen molar-refractivity contribution in [2.45, 2.75) is 51.1 Å². The molecule has 4 nitrogen and oxygen atoms in total. The summed E-state index contributed by atoms with van der Waals surface area (Å²) in [6.45, 7) is 1.69. The number of fused-ring (bicyclic) bond motifs is 1. The van der Waals surface area contributed by atoms with Crippen LogP contribution in [0.5, 0.6) is 0 Å². The fourth-order valence-corrected chi connectivity index (χ4v) is 3.99. The zero-order valence-corrected chi connectivity index (χ0v) is 13.4. The topological polar surface area (TPSA) is 38.1 Å². The Morgan fingerprint density at radius 3 is 3.00 bits per heavy atom. The fourth-order valence-electron chi connectivity index (χ4n) is 3.99. The van der Waals surface area contributed by atoms with E-state index in [1.165, 1.54) is 36.0 Å². The van der Waals surface area contributed by atoms with Gasteiger partial charge < -0.3 is 4.90 Å². The predicted octanol–water partition coefficient (Wildman–Crippen LogP) is 2.61. The molecule has 4 heteroatoms. The lowest BCUT2D eigenvalue weighted by Crippen LogP contribution is -2.39. The van der Waals surface area contributed by atoms with Crippen LogP contribution < -0.4 is 0 Å². The SMILES string of the molecule is O=C(Cc1ccc2c(c1)CCC2)N1CCC[C@H]1Cn1cccn1. The quantitative estimate of drug-likeness (QED) is 0.871. The maximum atomic E-state index is 12.8. The minimum absolute atomic E-state index is 0.262. The minimum Gasteiger partial charge on any atom is -0.338 e. The zero-order chi connectivity index (χ0) is 15.6. The number of hydrogen-bond donors (Lipinski definition) is 0. The van der Waals surface area contributed by atoms with Gasteiger partial charge >= 0.3 is 0 Å². The molecule has 1 fully saturated rings. The second kappa shape index (κ2) is 6.19. The standard InChI is InChI=1S/C19H23N3O/c23-19(13-15-7-8-16-4-1-5-17(16)12-15)22-11-2-6-18(22)14-21-10-3-9-20-21/h3,7-10,12,18H,1-2,4-6,11,13-14H2/t18-/m0/s1. The Bertz CT molecular complexity index is 693. The first-order valence-corrected chi connectivity index (χ1v) is 8.67. The van der Waals surface area contributed by atoms with Crippen LogP contribution in [0.2, 0.25) is 0 Å². The second-order valence-electron chi connectivity index (χ2n) is 6.74. The third-order valence-electron chi connectivity index (χ3n) is 5.17. The van der Waals surface area contributed by atoms with E-state index in [4.69, 9.17) is 0 Å². The lowest BCUT2D eigenvalue weighted by atomic mass is 10.0. The Morgan fingerprint density at radius 1 is 1.22 bits per heavy atom. The fraction of sp³-hybridized carbons (Fsp3) is 0.474. The molecule has 1 aliphatic carbocycles. The van der Waals surface area contributed by atoms with Crippen molar-refractivity contribution in [2.24, 2.45) is 0 Å². The summed E-state index contributed by atoms with van der Waals surface area (Å²) in [5, 5.41) is 4.28. The zero-order valence-electron chi connectivity index (χ0n) is 13.4. The molecule has 1 aromatic carbocycles.